The molecule has 0 spiro atoms. The van der Waals surface area contributed by atoms with E-state index in [1.807, 2.05) is 46.7 Å². The van der Waals surface area contributed by atoms with Gasteiger partial charge in [-0.25, -0.2) is 0 Å². The van der Waals surface area contributed by atoms with Crippen LogP contribution in [0, 0.1) is 29.6 Å². The van der Waals surface area contributed by atoms with Crippen molar-refractivity contribution >= 4 is 11.8 Å². The summed E-state index contributed by atoms with van der Waals surface area (Å²) in [6, 6.07) is -0.265. The van der Waals surface area contributed by atoms with Crippen molar-refractivity contribution in [3.8, 4) is 0 Å². The van der Waals surface area contributed by atoms with Crippen LogP contribution in [0.15, 0.2) is 0 Å². The van der Waals surface area contributed by atoms with Crippen molar-refractivity contribution in [2.45, 2.75) is 173 Å². The third-order valence-corrected chi connectivity index (χ3v) is 12.6. The summed E-state index contributed by atoms with van der Waals surface area (Å²) in [7, 11) is 6.85. The fourth-order valence-electron chi connectivity index (χ4n) is 9.13. The Kier molecular flexibility index (Phi) is 14.7. The summed E-state index contributed by atoms with van der Waals surface area (Å²) in [6.45, 7) is 17.5. The van der Waals surface area contributed by atoms with Gasteiger partial charge in [0, 0.05) is 44.4 Å². The van der Waals surface area contributed by atoms with Crippen LogP contribution in [0.4, 0.5) is 0 Å². The third kappa shape index (κ3) is 9.01. The second-order valence-electron chi connectivity index (χ2n) is 16.7. The molecule has 3 unspecified atom stereocenters. The molecule has 18 atom stereocenters. The average molecular weight is 732 g/mol. The second kappa shape index (κ2) is 17.0. The zero-order chi connectivity index (χ0) is 39.0. The van der Waals surface area contributed by atoms with Crippen LogP contribution in [0.3, 0.4) is 0 Å². The zero-order valence-electron chi connectivity index (χ0n) is 33.5. The minimum atomic E-state index is -1.94. The van der Waals surface area contributed by atoms with Crippen LogP contribution in [0.25, 0.3) is 0 Å². The molecular weight excluding hydrogens is 662 g/mol. The highest BCUT2D eigenvalue weighted by atomic mass is 16.7. The van der Waals surface area contributed by atoms with Crippen molar-refractivity contribution in [2.75, 3.05) is 28.3 Å². The summed E-state index contributed by atoms with van der Waals surface area (Å²) in [5.74, 6) is -4.72. The highest BCUT2D eigenvalue weighted by Crippen LogP contribution is 2.46. The van der Waals surface area contributed by atoms with Gasteiger partial charge in [-0.3, -0.25) is 9.59 Å². The molecule has 0 aromatic heterocycles. The van der Waals surface area contributed by atoms with E-state index in [2.05, 4.69) is 0 Å². The molecule has 51 heavy (non-hydrogen) atoms. The molecule has 3 rings (SSSR count). The highest BCUT2D eigenvalue weighted by Gasteiger charge is 2.56. The first kappa shape index (κ1) is 44.1. The number of likely N-dealkylation sites (N-methyl/N-ethyl adjacent to an activating group) is 1. The van der Waals surface area contributed by atoms with Crippen LogP contribution in [0.5, 0.6) is 0 Å². The lowest BCUT2D eigenvalue weighted by Gasteiger charge is -2.52. The van der Waals surface area contributed by atoms with Gasteiger partial charge in [-0.05, 0) is 73.9 Å². The van der Waals surface area contributed by atoms with E-state index in [4.69, 9.17) is 28.4 Å². The molecule has 0 aromatic rings. The lowest BCUT2D eigenvalue weighted by atomic mass is 9.67. The van der Waals surface area contributed by atoms with Crippen molar-refractivity contribution in [3.05, 3.63) is 0 Å². The third-order valence-electron chi connectivity index (χ3n) is 12.6. The molecule has 0 saturated carbocycles. The van der Waals surface area contributed by atoms with Gasteiger partial charge in [0.05, 0.1) is 47.6 Å². The van der Waals surface area contributed by atoms with Crippen LogP contribution < -0.4 is 0 Å². The molecule has 4 N–H and O–H groups in total. The zero-order valence-corrected chi connectivity index (χ0v) is 33.5. The van der Waals surface area contributed by atoms with Gasteiger partial charge in [-0.15, -0.1) is 0 Å². The number of Topliss-reactive ketones (excluding diaryl/α,β-unsaturated/α-hetero) is 1. The number of aliphatic hydroxyl groups is 4. The molecular formula is C38H69NO12. The number of ketones is 1. The Bertz CT molecular complexity index is 1170. The Morgan fingerprint density at radius 3 is 1.98 bits per heavy atom. The van der Waals surface area contributed by atoms with Gasteiger partial charge in [0.2, 0.25) is 0 Å². The summed E-state index contributed by atoms with van der Waals surface area (Å²) in [6.07, 6.45) is -7.05. The van der Waals surface area contributed by atoms with Gasteiger partial charge in [0.1, 0.15) is 29.7 Å². The van der Waals surface area contributed by atoms with Gasteiger partial charge in [0.15, 0.2) is 6.29 Å². The minimum absolute atomic E-state index is 0.144. The predicted molar refractivity (Wildman–Crippen MR) is 190 cm³/mol. The van der Waals surface area contributed by atoms with Gasteiger partial charge in [0.25, 0.3) is 0 Å². The van der Waals surface area contributed by atoms with Crippen molar-refractivity contribution in [3.63, 3.8) is 0 Å². The molecule has 13 nitrogen and oxygen atoms in total. The van der Waals surface area contributed by atoms with Gasteiger partial charge in [-0.2, -0.15) is 0 Å². The molecule has 3 heterocycles. The molecule has 0 aromatic carbocycles. The number of carbonyl (C=O) groups is 2. The summed E-state index contributed by atoms with van der Waals surface area (Å²) in [4.78, 5) is 30.2. The maximum absolute atomic E-state index is 14.3. The SMILES string of the molecule is CC[C@H]1OC(=O)[C@H](C)C([C@H]2C[C@@](C)(OC)[C@@H](O)[C@H](C)O2)[C@@H](C)[C@@H](O[C@H]2O[C@H](C)CC(N(C)C)[C@@H]2O)[C@](C)(OC)C[C@@H](C)C(=O)[C@@H](C)C(O)[C@]1(C)O. The van der Waals surface area contributed by atoms with Crippen molar-refractivity contribution < 1.29 is 58.4 Å². The van der Waals surface area contributed by atoms with Gasteiger partial charge >= 0.3 is 5.97 Å². The Morgan fingerprint density at radius 2 is 1.45 bits per heavy atom. The molecule has 0 aliphatic carbocycles. The number of methoxy groups -OCH3 is 2. The number of carbonyl (C=O) groups excluding carboxylic acids is 2. The summed E-state index contributed by atoms with van der Waals surface area (Å²) in [5, 5.41) is 45.9. The molecule has 0 radical (unpaired) electrons. The summed E-state index contributed by atoms with van der Waals surface area (Å²) >= 11 is 0. The molecule has 3 aliphatic heterocycles. The van der Waals surface area contributed by atoms with Crippen molar-refractivity contribution in [2.24, 2.45) is 29.6 Å². The monoisotopic (exact) mass is 731 g/mol. The van der Waals surface area contributed by atoms with Gasteiger partial charge in [-0.1, -0.05) is 34.6 Å². The Hall–Kier alpha value is -1.26. The van der Waals surface area contributed by atoms with E-state index in [9.17, 15) is 30.0 Å². The maximum atomic E-state index is 14.3. The van der Waals surface area contributed by atoms with E-state index in [1.54, 1.807) is 34.6 Å². The molecule has 3 aliphatic rings. The summed E-state index contributed by atoms with van der Waals surface area (Å²) in [5.41, 5.74) is -4.16. The van der Waals surface area contributed by atoms with E-state index in [-0.39, 0.29) is 37.2 Å². The smallest absolute Gasteiger partial charge is 0.309 e. The van der Waals surface area contributed by atoms with Crippen LogP contribution >= 0.6 is 0 Å². The average Bonchev–Trinajstić information content (AvgIpc) is 3.07. The standard InChI is InChI=1S/C38H69NO12/c1-15-27-38(10,45)31(42)23(6)29(40)19(2)17-37(9,47-14)33(51-35-30(41)25(39(11)12)16-20(3)48-35)21(4)28(22(5)34(44)50-27)26-18-36(8,46-13)32(43)24(7)49-26/h19-28,30-33,35,41-43,45H,15-18H2,1-14H3/t19-,20-,21-,22-,23-,24+,25?,26-,27-,28?,30+,31?,32+,33-,35-,36-,37-,38-/m1/s1. The summed E-state index contributed by atoms with van der Waals surface area (Å²) < 4.78 is 37.9. The number of nitrogens with zero attached hydrogens (tertiary/aromatic N) is 1. The number of rotatable bonds is 7. The van der Waals surface area contributed by atoms with E-state index >= 15 is 0 Å². The quantitative estimate of drug-likeness (QED) is 0.282. The Morgan fingerprint density at radius 1 is 0.863 bits per heavy atom. The topological polar surface area (TPSA) is 174 Å². The fourth-order valence-corrected chi connectivity index (χ4v) is 9.13. The van der Waals surface area contributed by atoms with E-state index in [0.29, 0.717) is 6.42 Å². The maximum Gasteiger partial charge on any atom is 0.309 e. The number of ether oxygens (including phenoxy) is 6. The Labute approximate surface area is 305 Å². The van der Waals surface area contributed by atoms with Crippen LogP contribution in [-0.4, -0.2) is 143 Å². The normalized spacial score (nSPS) is 49.7. The molecule has 0 bridgehead atoms. The molecule has 298 valence electrons. The molecule has 0 amide bonds. The molecule has 13 heteroatoms. The van der Waals surface area contributed by atoms with Crippen LogP contribution in [0.1, 0.15) is 94.9 Å². The Balaban J connectivity index is 2.28. The number of cyclic esters (lactones) is 1. The van der Waals surface area contributed by atoms with E-state index < -0.39 is 101 Å². The highest BCUT2D eigenvalue weighted by molar-refractivity contribution is 5.83. The molecule has 3 fully saturated rings. The van der Waals surface area contributed by atoms with Crippen molar-refractivity contribution in [1.29, 1.82) is 0 Å². The van der Waals surface area contributed by atoms with Crippen LogP contribution in [0.2, 0.25) is 0 Å². The second-order valence-corrected chi connectivity index (χ2v) is 16.7. The number of aliphatic hydroxyl groups excluding tert-OH is 3. The first-order valence-corrected chi connectivity index (χ1v) is 18.7. The van der Waals surface area contributed by atoms with Crippen LogP contribution in [-0.2, 0) is 38.0 Å². The number of hydrogen-bond donors (Lipinski definition) is 4. The number of hydrogen-bond acceptors (Lipinski definition) is 13. The fraction of sp³-hybridized carbons (Fsp3) is 0.947. The first-order valence-electron chi connectivity index (χ1n) is 18.7. The lowest BCUT2D eigenvalue weighted by molar-refractivity contribution is -0.304. The predicted octanol–water partition coefficient (Wildman–Crippen LogP) is 2.71. The molecule has 3 saturated heterocycles. The first-order chi connectivity index (χ1) is 23.5. The minimum Gasteiger partial charge on any atom is -0.459 e. The van der Waals surface area contributed by atoms with E-state index in [0.717, 1.165) is 0 Å². The van der Waals surface area contributed by atoms with E-state index in [1.165, 1.54) is 21.1 Å². The van der Waals surface area contributed by atoms with Gasteiger partial charge < -0.3 is 53.7 Å². The number of esters is 1. The van der Waals surface area contributed by atoms with Crippen molar-refractivity contribution in [1.82, 2.24) is 4.90 Å². The lowest BCUT2D eigenvalue weighted by Crippen LogP contribution is -2.62. The largest absolute Gasteiger partial charge is 0.459 e.